The molecule has 0 unspecified atom stereocenters. The molecular formula is C10H12F3NO. The van der Waals surface area contributed by atoms with E-state index in [1.165, 1.54) is 6.07 Å². The van der Waals surface area contributed by atoms with Crippen molar-refractivity contribution in [2.75, 3.05) is 0 Å². The number of hydrogen-bond acceptors (Lipinski definition) is 2. The molecule has 1 rings (SSSR count). The van der Waals surface area contributed by atoms with Gasteiger partial charge < -0.3 is 10.5 Å². The Hall–Kier alpha value is -1.23. The summed E-state index contributed by atoms with van der Waals surface area (Å²) in [5.41, 5.74) is 6.47. The number of rotatable bonds is 3. The maximum absolute atomic E-state index is 12.0. The van der Waals surface area contributed by atoms with Gasteiger partial charge in [-0.05, 0) is 23.6 Å². The van der Waals surface area contributed by atoms with Gasteiger partial charge in [-0.25, -0.2) is 0 Å². The second kappa shape index (κ2) is 4.53. The van der Waals surface area contributed by atoms with Crippen molar-refractivity contribution >= 4 is 0 Å². The largest absolute Gasteiger partial charge is 0.573 e. The summed E-state index contributed by atoms with van der Waals surface area (Å²) in [5.74, 6) is -0.159. The van der Waals surface area contributed by atoms with E-state index in [0.29, 0.717) is 17.5 Å². The number of hydrogen-bond donors (Lipinski definition) is 1. The molecule has 0 spiro atoms. The van der Waals surface area contributed by atoms with Gasteiger partial charge in [0.15, 0.2) is 0 Å². The van der Waals surface area contributed by atoms with Gasteiger partial charge in [0, 0.05) is 6.54 Å². The highest BCUT2D eigenvalue weighted by atomic mass is 19.4. The predicted molar refractivity (Wildman–Crippen MR) is 50.4 cm³/mol. The fourth-order valence-corrected chi connectivity index (χ4v) is 1.24. The molecule has 84 valence electrons. The van der Waals surface area contributed by atoms with Crippen LogP contribution in [0, 0.1) is 0 Å². The quantitative estimate of drug-likeness (QED) is 0.848. The second-order valence-corrected chi connectivity index (χ2v) is 3.05. The van der Waals surface area contributed by atoms with Gasteiger partial charge in [0.05, 0.1) is 0 Å². The molecule has 0 radical (unpaired) electrons. The number of halogens is 3. The summed E-state index contributed by atoms with van der Waals surface area (Å²) in [7, 11) is 0. The lowest BCUT2D eigenvalue weighted by molar-refractivity contribution is -0.274. The first-order chi connectivity index (χ1) is 6.96. The van der Waals surface area contributed by atoms with E-state index in [2.05, 4.69) is 4.74 Å². The molecule has 1 aromatic rings. The van der Waals surface area contributed by atoms with Gasteiger partial charge in [0.25, 0.3) is 0 Å². The topological polar surface area (TPSA) is 35.2 Å². The van der Waals surface area contributed by atoms with Gasteiger partial charge in [0.2, 0.25) is 0 Å². The van der Waals surface area contributed by atoms with Crippen molar-refractivity contribution in [3.63, 3.8) is 0 Å². The molecular weight excluding hydrogens is 207 g/mol. The standard InChI is InChI=1S/C10H12F3NO/c1-2-8-4-3-7(6-14)5-9(8)15-10(11,12)13/h3-5H,2,6,14H2,1H3. The molecule has 0 aliphatic carbocycles. The molecule has 0 saturated heterocycles. The zero-order valence-electron chi connectivity index (χ0n) is 8.27. The van der Waals surface area contributed by atoms with Crippen molar-refractivity contribution in [2.45, 2.75) is 26.3 Å². The first kappa shape index (κ1) is 11.8. The smallest absolute Gasteiger partial charge is 0.405 e. The van der Waals surface area contributed by atoms with Crippen molar-refractivity contribution in [2.24, 2.45) is 5.73 Å². The molecule has 0 heterocycles. The molecule has 0 saturated carbocycles. The Labute approximate surface area is 85.8 Å². The van der Waals surface area contributed by atoms with Crippen LogP contribution < -0.4 is 10.5 Å². The van der Waals surface area contributed by atoms with Crippen LogP contribution in [0.2, 0.25) is 0 Å². The van der Waals surface area contributed by atoms with Crippen LogP contribution in [0.3, 0.4) is 0 Å². The first-order valence-corrected chi connectivity index (χ1v) is 4.54. The number of ether oxygens (including phenoxy) is 1. The fraction of sp³-hybridized carbons (Fsp3) is 0.400. The van der Waals surface area contributed by atoms with Crippen LogP contribution in [-0.4, -0.2) is 6.36 Å². The second-order valence-electron chi connectivity index (χ2n) is 3.05. The van der Waals surface area contributed by atoms with Crippen LogP contribution in [0.15, 0.2) is 18.2 Å². The summed E-state index contributed by atoms with van der Waals surface area (Å²) in [5, 5.41) is 0. The van der Waals surface area contributed by atoms with Gasteiger partial charge in [-0.1, -0.05) is 19.1 Å². The zero-order chi connectivity index (χ0) is 11.5. The van der Waals surface area contributed by atoms with Crippen LogP contribution in [-0.2, 0) is 13.0 Å². The van der Waals surface area contributed by atoms with Crippen molar-refractivity contribution in [3.05, 3.63) is 29.3 Å². The van der Waals surface area contributed by atoms with E-state index < -0.39 is 6.36 Å². The number of aryl methyl sites for hydroxylation is 1. The first-order valence-electron chi connectivity index (χ1n) is 4.54. The maximum Gasteiger partial charge on any atom is 0.573 e. The lowest BCUT2D eigenvalue weighted by Gasteiger charge is -2.13. The molecule has 0 bridgehead atoms. The number of benzene rings is 1. The number of alkyl halides is 3. The lowest BCUT2D eigenvalue weighted by Crippen LogP contribution is -2.18. The van der Waals surface area contributed by atoms with Crippen LogP contribution in [0.1, 0.15) is 18.1 Å². The van der Waals surface area contributed by atoms with Crippen LogP contribution in [0.25, 0.3) is 0 Å². The highest BCUT2D eigenvalue weighted by molar-refractivity contribution is 5.37. The van der Waals surface area contributed by atoms with Crippen molar-refractivity contribution < 1.29 is 17.9 Å². The molecule has 0 amide bonds. The van der Waals surface area contributed by atoms with E-state index in [9.17, 15) is 13.2 Å². The van der Waals surface area contributed by atoms with E-state index in [4.69, 9.17) is 5.73 Å². The molecule has 2 N–H and O–H groups in total. The van der Waals surface area contributed by atoms with Gasteiger partial charge in [0.1, 0.15) is 5.75 Å². The van der Waals surface area contributed by atoms with E-state index in [-0.39, 0.29) is 12.3 Å². The average molecular weight is 219 g/mol. The Morgan fingerprint density at radius 1 is 1.33 bits per heavy atom. The fourth-order valence-electron chi connectivity index (χ4n) is 1.24. The third-order valence-corrected chi connectivity index (χ3v) is 1.97. The van der Waals surface area contributed by atoms with Crippen LogP contribution in [0.5, 0.6) is 5.75 Å². The molecule has 0 aromatic heterocycles. The normalized spacial score (nSPS) is 11.5. The summed E-state index contributed by atoms with van der Waals surface area (Å²) >= 11 is 0. The molecule has 0 fully saturated rings. The molecule has 0 aliphatic rings. The van der Waals surface area contributed by atoms with Gasteiger partial charge in [-0.15, -0.1) is 13.2 Å². The molecule has 2 nitrogen and oxygen atoms in total. The third kappa shape index (κ3) is 3.43. The molecule has 1 aromatic carbocycles. The maximum atomic E-state index is 12.0. The van der Waals surface area contributed by atoms with E-state index in [1.807, 2.05) is 0 Å². The summed E-state index contributed by atoms with van der Waals surface area (Å²) < 4.78 is 40.0. The highest BCUT2D eigenvalue weighted by Gasteiger charge is 2.31. The SMILES string of the molecule is CCc1ccc(CN)cc1OC(F)(F)F. The Morgan fingerprint density at radius 2 is 2.00 bits per heavy atom. The monoisotopic (exact) mass is 219 g/mol. The minimum Gasteiger partial charge on any atom is -0.405 e. The molecule has 0 aliphatic heterocycles. The summed E-state index contributed by atoms with van der Waals surface area (Å²) in [6, 6.07) is 4.62. The minimum absolute atomic E-state index is 0.159. The Bertz CT molecular complexity index is 336. The summed E-state index contributed by atoms with van der Waals surface area (Å²) in [6.45, 7) is 1.96. The minimum atomic E-state index is -4.66. The Balaban J connectivity index is 3.01. The molecule has 0 atom stereocenters. The molecule has 5 heteroatoms. The van der Waals surface area contributed by atoms with Crippen molar-refractivity contribution in [1.82, 2.24) is 0 Å². The Kier molecular flexibility index (Phi) is 3.57. The van der Waals surface area contributed by atoms with E-state index in [0.717, 1.165) is 0 Å². The van der Waals surface area contributed by atoms with Gasteiger partial charge in [-0.3, -0.25) is 0 Å². The summed E-state index contributed by atoms with van der Waals surface area (Å²) in [6.07, 6.45) is -4.17. The third-order valence-electron chi connectivity index (χ3n) is 1.97. The van der Waals surface area contributed by atoms with Crippen LogP contribution >= 0.6 is 0 Å². The zero-order valence-corrected chi connectivity index (χ0v) is 8.27. The number of nitrogens with two attached hydrogens (primary N) is 1. The average Bonchev–Trinajstić information content (AvgIpc) is 2.15. The van der Waals surface area contributed by atoms with Crippen LogP contribution in [0.4, 0.5) is 13.2 Å². The predicted octanol–water partition coefficient (Wildman–Crippen LogP) is 2.61. The highest BCUT2D eigenvalue weighted by Crippen LogP contribution is 2.27. The van der Waals surface area contributed by atoms with Crippen molar-refractivity contribution in [1.29, 1.82) is 0 Å². The Morgan fingerprint density at radius 3 is 2.47 bits per heavy atom. The van der Waals surface area contributed by atoms with E-state index >= 15 is 0 Å². The lowest BCUT2D eigenvalue weighted by atomic mass is 10.1. The van der Waals surface area contributed by atoms with E-state index in [1.54, 1.807) is 19.1 Å². The van der Waals surface area contributed by atoms with Crippen molar-refractivity contribution in [3.8, 4) is 5.75 Å². The summed E-state index contributed by atoms with van der Waals surface area (Å²) in [4.78, 5) is 0. The van der Waals surface area contributed by atoms with Gasteiger partial charge in [-0.2, -0.15) is 0 Å². The van der Waals surface area contributed by atoms with Gasteiger partial charge >= 0.3 is 6.36 Å². The molecule has 15 heavy (non-hydrogen) atoms.